The SMILES string of the molecule is OC(Cc1ccccc1)OC(F)(F)F. The third-order valence-corrected chi connectivity index (χ3v) is 1.52. The van der Waals surface area contributed by atoms with Crippen molar-refractivity contribution in [3.8, 4) is 0 Å². The molecular formula is C9H9F3O2. The van der Waals surface area contributed by atoms with E-state index in [1.807, 2.05) is 0 Å². The Morgan fingerprint density at radius 1 is 1.21 bits per heavy atom. The first-order valence-electron chi connectivity index (χ1n) is 3.94. The first kappa shape index (κ1) is 11.0. The lowest BCUT2D eigenvalue weighted by Crippen LogP contribution is -2.25. The van der Waals surface area contributed by atoms with Crippen LogP contribution in [0.2, 0.25) is 0 Å². The molecule has 0 aliphatic rings. The molecule has 2 nitrogen and oxygen atoms in total. The largest absolute Gasteiger partial charge is 0.524 e. The number of aliphatic hydroxyl groups is 1. The maximum absolute atomic E-state index is 11.6. The zero-order valence-corrected chi connectivity index (χ0v) is 7.16. The molecule has 78 valence electrons. The van der Waals surface area contributed by atoms with Gasteiger partial charge in [0.25, 0.3) is 0 Å². The van der Waals surface area contributed by atoms with Gasteiger partial charge in [-0.25, -0.2) is 0 Å². The summed E-state index contributed by atoms with van der Waals surface area (Å²) in [5.41, 5.74) is 0.587. The summed E-state index contributed by atoms with van der Waals surface area (Å²) >= 11 is 0. The fourth-order valence-electron chi connectivity index (χ4n) is 1.01. The second-order valence-electron chi connectivity index (χ2n) is 2.71. The van der Waals surface area contributed by atoms with E-state index in [0.29, 0.717) is 5.56 Å². The van der Waals surface area contributed by atoms with Crippen LogP contribution in [0.1, 0.15) is 5.56 Å². The molecule has 0 bridgehead atoms. The van der Waals surface area contributed by atoms with Gasteiger partial charge < -0.3 is 5.11 Å². The Labute approximate surface area is 78.9 Å². The number of halogens is 3. The smallest absolute Gasteiger partial charge is 0.367 e. The van der Waals surface area contributed by atoms with E-state index in [4.69, 9.17) is 5.11 Å². The van der Waals surface area contributed by atoms with Crippen LogP contribution in [0.15, 0.2) is 30.3 Å². The number of alkyl halides is 3. The van der Waals surface area contributed by atoms with Crippen molar-refractivity contribution in [2.75, 3.05) is 0 Å². The van der Waals surface area contributed by atoms with Crippen molar-refractivity contribution < 1.29 is 23.0 Å². The minimum Gasteiger partial charge on any atom is -0.367 e. The van der Waals surface area contributed by atoms with Gasteiger partial charge in [-0.2, -0.15) is 0 Å². The summed E-state index contributed by atoms with van der Waals surface area (Å²) in [4.78, 5) is 0. The highest BCUT2D eigenvalue weighted by atomic mass is 19.4. The topological polar surface area (TPSA) is 29.5 Å². The van der Waals surface area contributed by atoms with Gasteiger partial charge in [0, 0.05) is 6.42 Å². The van der Waals surface area contributed by atoms with E-state index < -0.39 is 12.7 Å². The highest BCUT2D eigenvalue weighted by Gasteiger charge is 2.32. The van der Waals surface area contributed by atoms with Crippen molar-refractivity contribution in [2.45, 2.75) is 19.1 Å². The van der Waals surface area contributed by atoms with Crippen LogP contribution in [0.4, 0.5) is 13.2 Å². The zero-order chi connectivity index (χ0) is 10.6. The maximum atomic E-state index is 11.6. The summed E-state index contributed by atoms with van der Waals surface area (Å²) in [6, 6.07) is 8.32. The molecule has 0 fully saturated rings. The molecule has 1 aromatic carbocycles. The Morgan fingerprint density at radius 2 is 1.79 bits per heavy atom. The van der Waals surface area contributed by atoms with Gasteiger partial charge in [-0.05, 0) is 5.56 Å². The summed E-state index contributed by atoms with van der Waals surface area (Å²) in [5, 5.41) is 8.90. The molecule has 0 radical (unpaired) electrons. The average molecular weight is 206 g/mol. The molecule has 1 unspecified atom stereocenters. The third-order valence-electron chi connectivity index (χ3n) is 1.52. The van der Waals surface area contributed by atoms with Crippen molar-refractivity contribution in [1.29, 1.82) is 0 Å². The molecule has 0 saturated heterocycles. The van der Waals surface area contributed by atoms with E-state index >= 15 is 0 Å². The van der Waals surface area contributed by atoms with Gasteiger partial charge in [0.05, 0.1) is 0 Å². The van der Waals surface area contributed by atoms with Gasteiger partial charge in [0.15, 0.2) is 6.29 Å². The monoisotopic (exact) mass is 206 g/mol. The van der Waals surface area contributed by atoms with E-state index in [1.165, 1.54) is 0 Å². The van der Waals surface area contributed by atoms with Crippen LogP contribution in [0.5, 0.6) is 0 Å². The van der Waals surface area contributed by atoms with Crippen molar-refractivity contribution in [1.82, 2.24) is 0 Å². The van der Waals surface area contributed by atoms with Crippen LogP contribution in [0, 0.1) is 0 Å². The van der Waals surface area contributed by atoms with Gasteiger partial charge in [-0.3, -0.25) is 4.74 Å². The molecular weight excluding hydrogens is 197 g/mol. The Hall–Kier alpha value is -1.07. The molecule has 5 heteroatoms. The highest BCUT2D eigenvalue weighted by molar-refractivity contribution is 5.14. The quantitative estimate of drug-likeness (QED) is 0.767. The first-order valence-corrected chi connectivity index (χ1v) is 3.94. The van der Waals surface area contributed by atoms with Gasteiger partial charge in [-0.1, -0.05) is 30.3 Å². The van der Waals surface area contributed by atoms with Crippen molar-refractivity contribution in [2.24, 2.45) is 0 Å². The minimum atomic E-state index is -4.80. The number of aliphatic hydroxyl groups excluding tert-OH is 1. The normalized spacial score (nSPS) is 14.0. The van der Waals surface area contributed by atoms with Crippen LogP contribution in [-0.2, 0) is 11.2 Å². The van der Waals surface area contributed by atoms with E-state index in [2.05, 4.69) is 4.74 Å². The number of benzene rings is 1. The maximum Gasteiger partial charge on any atom is 0.524 e. The van der Waals surface area contributed by atoms with Crippen molar-refractivity contribution in [3.63, 3.8) is 0 Å². The summed E-state index contributed by atoms with van der Waals surface area (Å²) in [6.45, 7) is 0. The molecule has 1 N–H and O–H groups in total. The van der Waals surface area contributed by atoms with Gasteiger partial charge in [0.2, 0.25) is 0 Å². The third kappa shape index (κ3) is 4.25. The number of hydrogen-bond acceptors (Lipinski definition) is 2. The molecule has 1 aromatic rings. The molecule has 1 atom stereocenters. The fourth-order valence-corrected chi connectivity index (χ4v) is 1.01. The molecule has 0 aliphatic heterocycles. The van der Waals surface area contributed by atoms with Gasteiger partial charge in [0.1, 0.15) is 0 Å². The van der Waals surface area contributed by atoms with Crippen molar-refractivity contribution >= 4 is 0 Å². The zero-order valence-electron chi connectivity index (χ0n) is 7.16. The molecule has 0 spiro atoms. The standard InChI is InChI=1S/C9H9F3O2/c10-9(11,12)14-8(13)6-7-4-2-1-3-5-7/h1-5,8,13H,6H2. The van der Waals surface area contributed by atoms with E-state index in [9.17, 15) is 13.2 Å². The van der Waals surface area contributed by atoms with E-state index in [-0.39, 0.29) is 6.42 Å². The second-order valence-corrected chi connectivity index (χ2v) is 2.71. The van der Waals surface area contributed by atoms with Crippen LogP contribution in [0.3, 0.4) is 0 Å². The summed E-state index contributed by atoms with van der Waals surface area (Å²) in [5.74, 6) is 0. The van der Waals surface area contributed by atoms with Crippen LogP contribution >= 0.6 is 0 Å². The highest BCUT2D eigenvalue weighted by Crippen LogP contribution is 2.19. The molecule has 0 aromatic heterocycles. The molecule has 0 saturated carbocycles. The lowest BCUT2D eigenvalue weighted by atomic mass is 10.1. The minimum absolute atomic E-state index is 0.180. The average Bonchev–Trinajstić information content (AvgIpc) is 2.02. The molecule has 0 heterocycles. The Balaban J connectivity index is 2.46. The Morgan fingerprint density at radius 3 is 2.29 bits per heavy atom. The lowest BCUT2D eigenvalue weighted by Gasteiger charge is -2.13. The first-order chi connectivity index (χ1) is 6.47. The number of rotatable bonds is 3. The Kier molecular flexibility index (Phi) is 3.49. The summed E-state index contributed by atoms with van der Waals surface area (Å²) < 4.78 is 38.3. The predicted molar refractivity (Wildman–Crippen MR) is 43.3 cm³/mol. The summed E-state index contributed by atoms with van der Waals surface area (Å²) in [7, 11) is 0. The van der Waals surface area contributed by atoms with Crippen LogP contribution in [0.25, 0.3) is 0 Å². The fraction of sp³-hybridized carbons (Fsp3) is 0.333. The Bertz CT molecular complexity index is 271. The molecule has 1 rings (SSSR count). The second kappa shape index (κ2) is 4.43. The lowest BCUT2D eigenvalue weighted by molar-refractivity contribution is -0.371. The number of ether oxygens (including phenoxy) is 1. The molecule has 0 aliphatic carbocycles. The molecule has 14 heavy (non-hydrogen) atoms. The predicted octanol–water partition coefficient (Wildman–Crippen LogP) is 2.08. The van der Waals surface area contributed by atoms with Crippen molar-refractivity contribution in [3.05, 3.63) is 35.9 Å². The number of hydrogen-bond donors (Lipinski definition) is 1. The van der Waals surface area contributed by atoms with Crippen LogP contribution < -0.4 is 0 Å². The summed E-state index contributed by atoms with van der Waals surface area (Å²) in [6.07, 6.45) is -6.83. The van der Waals surface area contributed by atoms with Crippen LogP contribution in [-0.4, -0.2) is 17.8 Å². The van der Waals surface area contributed by atoms with Gasteiger partial charge >= 0.3 is 6.36 Å². The van der Waals surface area contributed by atoms with Gasteiger partial charge in [-0.15, -0.1) is 13.2 Å². The van der Waals surface area contributed by atoms with E-state index in [1.54, 1.807) is 30.3 Å². The molecule has 0 amide bonds. The van der Waals surface area contributed by atoms with E-state index in [0.717, 1.165) is 0 Å².